The van der Waals surface area contributed by atoms with Gasteiger partial charge in [0.1, 0.15) is 0 Å². The lowest BCUT2D eigenvalue weighted by Gasteiger charge is -2.21. The first-order valence-corrected chi connectivity index (χ1v) is 6.60. The zero-order valence-corrected chi connectivity index (χ0v) is 11.9. The van der Waals surface area contributed by atoms with Gasteiger partial charge in [-0.1, -0.05) is 13.8 Å². The van der Waals surface area contributed by atoms with E-state index in [9.17, 15) is 0 Å². The van der Waals surface area contributed by atoms with E-state index in [1.165, 1.54) is 0 Å². The molecule has 1 aromatic rings. The van der Waals surface area contributed by atoms with Gasteiger partial charge >= 0.3 is 0 Å². The molecule has 1 rings (SSSR count). The number of aryl methyl sites for hydroxylation is 2. The van der Waals surface area contributed by atoms with Crippen molar-refractivity contribution in [3.8, 4) is 6.07 Å². The highest BCUT2D eigenvalue weighted by atomic mass is 16.5. The fourth-order valence-electron chi connectivity index (χ4n) is 1.76. The second-order valence-electron chi connectivity index (χ2n) is 4.10. The first-order valence-electron chi connectivity index (χ1n) is 6.60. The molecule has 0 saturated carbocycles. The molecule has 19 heavy (non-hydrogen) atoms. The number of nitriles is 1. The van der Waals surface area contributed by atoms with E-state index in [0.29, 0.717) is 32.1 Å². The van der Waals surface area contributed by atoms with Crippen LogP contribution in [0.3, 0.4) is 0 Å². The van der Waals surface area contributed by atoms with E-state index >= 15 is 0 Å². The quantitative estimate of drug-likeness (QED) is 0.705. The zero-order chi connectivity index (χ0) is 14.1. The van der Waals surface area contributed by atoms with Gasteiger partial charge in [-0.25, -0.2) is 4.98 Å². The molecule has 0 amide bonds. The van der Waals surface area contributed by atoms with Gasteiger partial charge < -0.3 is 9.64 Å². The van der Waals surface area contributed by atoms with Gasteiger partial charge in [-0.2, -0.15) is 10.4 Å². The Morgan fingerprint density at radius 3 is 2.47 bits per heavy atom. The van der Waals surface area contributed by atoms with Crippen LogP contribution in [0.1, 0.15) is 31.7 Å². The van der Waals surface area contributed by atoms with Gasteiger partial charge in [0.05, 0.1) is 30.5 Å². The molecular formula is C13H21N5O. The molecule has 0 fully saturated rings. The summed E-state index contributed by atoms with van der Waals surface area (Å²) in [5.74, 6) is 0.585. The second-order valence-corrected chi connectivity index (χ2v) is 4.10. The van der Waals surface area contributed by atoms with Gasteiger partial charge in [-0.05, 0) is 12.8 Å². The lowest BCUT2D eigenvalue weighted by molar-refractivity contribution is 0.205. The molecular weight excluding hydrogens is 242 g/mol. The van der Waals surface area contributed by atoms with Gasteiger partial charge in [-0.3, -0.25) is 0 Å². The maximum absolute atomic E-state index is 8.71. The van der Waals surface area contributed by atoms with Gasteiger partial charge in [-0.15, -0.1) is 5.10 Å². The number of nitrogens with zero attached hydrogens (tertiary/aromatic N) is 5. The van der Waals surface area contributed by atoms with Crippen molar-refractivity contribution in [3.05, 3.63) is 11.4 Å². The van der Waals surface area contributed by atoms with Gasteiger partial charge in [0.25, 0.3) is 0 Å². The van der Waals surface area contributed by atoms with Crippen LogP contribution in [0, 0.1) is 11.3 Å². The Bertz CT molecular complexity index is 430. The number of hydrogen-bond acceptors (Lipinski definition) is 6. The largest absolute Gasteiger partial charge is 0.383 e. The summed E-state index contributed by atoms with van der Waals surface area (Å²) in [6.07, 6.45) is 2.10. The highest BCUT2D eigenvalue weighted by molar-refractivity contribution is 5.30. The minimum Gasteiger partial charge on any atom is -0.383 e. The van der Waals surface area contributed by atoms with E-state index in [4.69, 9.17) is 10.00 Å². The normalized spacial score (nSPS) is 10.2. The van der Waals surface area contributed by atoms with Gasteiger partial charge in [0, 0.05) is 20.2 Å². The van der Waals surface area contributed by atoms with E-state index in [-0.39, 0.29) is 0 Å². The Morgan fingerprint density at radius 1 is 1.16 bits per heavy atom. The van der Waals surface area contributed by atoms with E-state index in [2.05, 4.69) is 28.2 Å². The number of rotatable bonds is 8. The summed E-state index contributed by atoms with van der Waals surface area (Å²) < 4.78 is 5.07. The third kappa shape index (κ3) is 4.45. The second kappa shape index (κ2) is 8.38. The first kappa shape index (κ1) is 15.3. The minimum atomic E-state index is 0.435. The molecule has 1 aromatic heterocycles. The van der Waals surface area contributed by atoms with Crippen molar-refractivity contribution in [2.45, 2.75) is 33.1 Å². The highest BCUT2D eigenvalue weighted by Crippen LogP contribution is 2.11. The molecule has 6 nitrogen and oxygen atoms in total. The third-order valence-corrected chi connectivity index (χ3v) is 2.84. The van der Waals surface area contributed by atoms with E-state index in [0.717, 1.165) is 24.2 Å². The molecule has 0 unspecified atom stereocenters. The smallest absolute Gasteiger partial charge is 0.245 e. The predicted molar refractivity (Wildman–Crippen MR) is 72.9 cm³/mol. The van der Waals surface area contributed by atoms with Crippen LogP contribution in [-0.4, -0.2) is 42.0 Å². The van der Waals surface area contributed by atoms with Crippen molar-refractivity contribution in [1.29, 1.82) is 5.26 Å². The molecule has 0 radical (unpaired) electrons. The number of aromatic nitrogens is 3. The molecule has 0 saturated heterocycles. The van der Waals surface area contributed by atoms with Crippen molar-refractivity contribution in [1.82, 2.24) is 15.2 Å². The van der Waals surface area contributed by atoms with E-state index in [1.54, 1.807) is 7.11 Å². The zero-order valence-electron chi connectivity index (χ0n) is 11.9. The fourth-order valence-corrected chi connectivity index (χ4v) is 1.76. The molecule has 0 N–H and O–H groups in total. The summed E-state index contributed by atoms with van der Waals surface area (Å²) in [6.45, 7) is 5.93. The standard InChI is InChI=1S/C13H21N5O/c1-4-11-12(5-2)16-17-13(15-11)18(8-6-7-14)9-10-19-3/h4-6,8-10H2,1-3H3. The summed E-state index contributed by atoms with van der Waals surface area (Å²) in [5.41, 5.74) is 1.92. The molecule has 0 aromatic carbocycles. The van der Waals surface area contributed by atoms with Crippen molar-refractivity contribution < 1.29 is 4.74 Å². The molecule has 0 aliphatic rings. The minimum absolute atomic E-state index is 0.435. The van der Waals surface area contributed by atoms with E-state index < -0.39 is 0 Å². The summed E-state index contributed by atoms with van der Waals surface area (Å²) in [7, 11) is 1.65. The maximum atomic E-state index is 8.71. The number of methoxy groups -OCH3 is 1. The van der Waals surface area contributed by atoms with Crippen LogP contribution >= 0.6 is 0 Å². The maximum Gasteiger partial charge on any atom is 0.245 e. The summed E-state index contributed by atoms with van der Waals surface area (Å²) in [4.78, 5) is 6.50. The summed E-state index contributed by atoms with van der Waals surface area (Å²) in [6, 6.07) is 2.14. The SMILES string of the molecule is CCc1nnc(N(CCC#N)CCOC)nc1CC. The number of hydrogen-bond donors (Lipinski definition) is 0. The molecule has 0 bridgehead atoms. The van der Waals surface area contributed by atoms with Gasteiger partial charge in [0.2, 0.25) is 5.95 Å². The topological polar surface area (TPSA) is 74.9 Å². The van der Waals surface area contributed by atoms with Gasteiger partial charge in [0.15, 0.2) is 0 Å². The van der Waals surface area contributed by atoms with Crippen LogP contribution < -0.4 is 4.90 Å². The number of anilines is 1. The van der Waals surface area contributed by atoms with Crippen molar-refractivity contribution >= 4 is 5.95 Å². The molecule has 104 valence electrons. The summed E-state index contributed by atoms with van der Waals surface area (Å²) in [5, 5.41) is 17.1. The van der Waals surface area contributed by atoms with Crippen LogP contribution in [-0.2, 0) is 17.6 Å². The van der Waals surface area contributed by atoms with Crippen molar-refractivity contribution in [2.75, 3.05) is 31.7 Å². The number of ether oxygens (including phenoxy) is 1. The molecule has 1 heterocycles. The Hall–Kier alpha value is -1.74. The Morgan fingerprint density at radius 2 is 1.89 bits per heavy atom. The van der Waals surface area contributed by atoms with E-state index in [1.807, 2.05) is 11.8 Å². The predicted octanol–water partition coefficient (Wildman–Crippen LogP) is 1.36. The van der Waals surface area contributed by atoms with Crippen molar-refractivity contribution in [2.24, 2.45) is 0 Å². The lowest BCUT2D eigenvalue weighted by Crippen LogP contribution is -2.30. The molecule has 6 heteroatoms. The van der Waals surface area contributed by atoms with Crippen LogP contribution in [0.4, 0.5) is 5.95 Å². The van der Waals surface area contributed by atoms with Crippen LogP contribution in [0.2, 0.25) is 0 Å². The third-order valence-electron chi connectivity index (χ3n) is 2.84. The molecule has 0 spiro atoms. The van der Waals surface area contributed by atoms with Crippen LogP contribution in [0.15, 0.2) is 0 Å². The van der Waals surface area contributed by atoms with Crippen LogP contribution in [0.25, 0.3) is 0 Å². The molecule has 0 aliphatic carbocycles. The Balaban J connectivity index is 2.91. The first-order chi connectivity index (χ1) is 9.26. The lowest BCUT2D eigenvalue weighted by atomic mass is 10.2. The molecule has 0 aliphatic heterocycles. The molecule has 0 atom stereocenters. The monoisotopic (exact) mass is 263 g/mol. The summed E-state index contributed by atoms with van der Waals surface area (Å²) >= 11 is 0. The van der Waals surface area contributed by atoms with Crippen molar-refractivity contribution in [3.63, 3.8) is 0 Å². The Labute approximate surface area is 114 Å². The average molecular weight is 263 g/mol. The average Bonchev–Trinajstić information content (AvgIpc) is 2.46. The fraction of sp³-hybridized carbons (Fsp3) is 0.692. The Kier molecular flexibility index (Phi) is 6.75. The van der Waals surface area contributed by atoms with Crippen LogP contribution in [0.5, 0.6) is 0 Å². The highest BCUT2D eigenvalue weighted by Gasteiger charge is 2.12.